The predicted octanol–water partition coefficient (Wildman–Crippen LogP) is 1.91. The number of halogens is 1. The lowest BCUT2D eigenvalue weighted by atomic mass is 9.90. The van der Waals surface area contributed by atoms with Crippen molar-refractivity contribution in [3.8, 4) is 0 Å². The van der Waals surface area contributed by atoms with Crippen molar-refractivity contribution >= 4 is 9.84 Å². The quantitative estimate of drug-likeness (QED) is 0.913. The molecule has 1 aliphatic rings. The Labute approximate surface area is 107 Å². The van der Waals surface area contributed by atoms with Crippen LogP contribution < -0.4 is 5.32 Å². The molecule has 1 aromatic carbocycles. The van der Waals surface area contributed by atoms with Crippen LogP contribution in [0.15, 0.2) is 24.3 Å². The van der Waals surface area contributed by atoms with Gasteiger partial charge in [-0.25, -0.2) is 12.8 Å². The molecule has 0 bridgehead atoms. The molecule has 1 N–H and O–H groups in total. The summed E-state index contributed by atoms with van der Waals surface area (Å²) in [5.41, 5.74) is 0.945. The minimum atomic E-state index is -2.92. The van der Waals surface area contributed by atoms with Gasteiger partial charge >= 0.3 is 0 Å². The fourth-order valence-electron chi connectivity index (χ4n) is 2.67. The monoisotopic (exact) mass is 271 g/mol. The summed E-state index contributed by atoms with van der Waals surface area (Å²) in [5, 5.41) is 3.16. The van der Waals surface area contributed by atoms with Crippen LogP contribution >= 0.6 is 0 Å². The molecule has 3 nitrogen and oxygen atoms in total. The van der Waals surface area contributed by atoms with Crippen molar-refractivity contribution in [2.75, 3.05) is 18.6 Å². The average Bonchev–Trinajstić information content (AvgIpc) is 2.31. The SMILES string of the molecule is CNC(c1ccc(F)cc1)C1CCCS(=O)(=O)C1. The summed E-state index contributed by atoms with van der Waals surface area (Å²) in [6.45, 7) is 0. The summed E-state index contributed by atoms with van der Waals surface area (Å²) in [7, 11) is -1.10. The van der Waals surface area contributed by atoms with Gasteiger partial charge < -0.3 is 5.32 Å². The number of rotatable bonds is 3. The molecule has 0 saturated carbocycles. The van der Waals surface area contributed by atoms with Crippen LogP contribution in [0.2, 0.25) is 0 Å². The second-order valence-corrected chi connectivity index (χ2v) is 7.06. The van der Waals surface area contributed by atoms with E-state index in [-0.39, 0.29) is 23.5 Å². The van der Waals surface area contributed by atoms with Crippen LogP contribution in [0.25, 0.3) is 0 Å². The van der Waals surface area contributed by atoms with E-state index < -0.39 is 9.84 Å². The first kappa shape index (κ1) is 13.5. The zero-order chi connectivity index (χ0) is 13.2. The zero-order valence-corrected chi connectivity index (χ0v) is 11.2. The van der Waals surface area contributed by atoms with E-state index in [1.165, 1.54) is 12.1 Å². The van der Waals surface area contributed by atoms with E-state index in [0.717, 1.165) is 12.0 Å². The second-order valence-electron chi connectivity index (χ2n) is 4.83. The molecule has 0 spiro atoms. The Morgan fingerprint density at radius 3 is 2.56 bits per heavy atom. The van der Waals surface area contributed by atoms with Crippen molar-refractivity contribution in [1.82, 2.24) is 5.32 Å². The molecule has 0 radical (unpaired) electrons. The largest absolute Gasteiger partial charge is 0.313 e. The van der Waals surface area contributed by atoms with Crippen LogP contribution in [0.3, 0.4) is 0 Å². The Bertz CT molecular complexity index is 498. The van der Waals surface area contributed by atoms with E-state index >= 15 is 0 Å². The molecule has 0 amide bonds. The Kier molecular flexibility index (Phi) is 4.02. The highest BCUT2D eigenvalue weighted by atomic mass is 32.2. The van der Waals surface area contributed by atoms with Crippen molar-refractivity contribution in [3.05, 3.63) is 35.6 Å². The Morgan fingerprint density at radius 1 is 1.33 bits per heavy atom. The zero-order valence-electron chi connectivity index (χ0n) is 10.4. The van der Waals surface area contributed by atoms with Crippen molar-refractivity contribution in [3.63, 3.8) is 0 Å². The van der Waals surface area contributed by atoms with Crippen molar-refractivity contribution in [1.29, 1.82) is 0 Å². The lowest BCUT2D eigenvalue weighted by Gasteiger charge is -2.30. The molecule has 2 unspecified atom stereocenters. The molecule has 5 heteroatoms. The summed E-state index contributed by atoms with van der Waals surface area (Å²) in [6, 6.07) is 6.24. The molecule has 1 aromatic rings. The highest BCUT2D eigenvalue weighted by Crippen LogP contribution is 2.30. The molecule has 2 atom stereocenters. The average molecular weight is 271 g/mol. The van der Waals surface area contributed by atoms with Crippen LogP contribution in [0.1, 0.15) is 24.4 Å². The first-order chi connectivity index (χ1) is 8.52. The lowest BCUT2D eigenvalue weighted by Crippen LogP contribution is -2.34. The standard InChI is InChI=1S/C13H18FNO2S/c1-15-13(10-4-6-12(14)7-5-10)11-3-2-8-18(16,17)9-11/h4-7,11,13,15H,2-3,8-9H2,1H3. The van der Waals surface area contributed by atoms with Crippen LogP contribution in [0.4, 0.5) is 4.39 Å². The highest BCUT2D eigenvalue weighted by Gasteiger charge is 2.30. The van der Waals surface area contributed by atoms with Gasteiger partial charge in [0, 0.05) is 6.04 Å². The van der Waals surface area contributed by atoms with E-state index in [9.17, 15) is 12.8 Å². The summed E-state index contributed by atoms with van der Waals surface area (Å²) in [5.74, 6) is 0.309. The Morgan fingerprint density at radius 2 is 2.00 bits per heavy atom. The summed E-state index contributed by atoms with van der Waals surface area (Å²) in [6.07, 6.45) is 1.61. The molecule has 0 aliphatic carbocycles. The molecular weight excluding hydrogens is 253 g/mol. The van der Waals surface area contributed by atoms with E-state index in [1.54, 1.807) is 12.1 Å². The van der Waals surface area contributed by atoms with E-state index in [0.29, 0.717) is 12.2 Å². The van der Waals surface area contributed by atoms with E-state index in [1.807, 2.05) is 7.05 Å². The smallest absolute Gasteiger partial charge is 0.150 e. The van der Waals surface area contributed by atoms with Gasteiger partial charge in [0.25, 0.3) is 0 Å². The minimum absolute atomic E-state index is 0.0272. The Hall–Kier alpha value is -0.940. The van der Waals surface area contributed by atoms with Gasteiger partial charge in [-0.2, -0.15) is 0 Å². The number of hydrogen-bond donors (Lipinski definition) is 1. The predicted molar refractivity (Wildman–Crippen MR) is 69.6 cm³/mol. The van der Waals surface area contributed by atoms with Crippen molar-refractivity contribution < 1.29 is 12.8 Å². The van der Waals surface area contributed by atoms with Crippen LogP contribution in [-0.2, 0) is 9.84 Å². The molecule has 18 heavy (non-hydrogen) atoms. The van der Waals surface area contributed by atoms with Crippen LogP contribution in [0.5, 0.6) is 0 Å². The first-order valence-electron chi connectivity index (χ1n) is 6.15. The first-order valence-corrected chi connectivity index (χ1v) is 7.97. The van der Waals surface area contributed by atoms with Gasteiger partial charge in [-0.3, -0.25) is 0 Å². The third-order valence-corrected chi connectivity index (χ3v) is 5.36. The normalized spacial score (nSPS) is 24.7. The van der Waals surface area contributed by atoms with Gasteiger partial charge in [0.05, 0.1) is 11.5 Å². The van der Waals surface area contributed by atoms with Gasteiger partial charge in [-0.15, -0.1) is 0 Å². The molecule has 2 rings (SSSR count). The number of sulfone groups is 1. The van der Waals surface area contributed by atoms with Gasteiger partial charge in [-0.05, 0) is 43.5 Å². The highest BCUT2D eigenvalue weighted by molar-refractivity contribution is 7.91. The molecule has 1 aliphatic heterocycles. The second kappa shape index (κ2) is 5.36. The summed E-state index contributed by atoms with van der Waals surface area (Å²) < 4.78 is 36.3. The molecular formula is C13H18FNO2S. The van der Waals surface area contributed by atoms with Crippen LogP contribution in [-0.4, -0.2) is 27.0 Å². The van der Waals surface area contributed by atoms with E-state index in [4.69, 9.17) is 0 Å². The molecule has 100 valence electrons. The third kappa shape index (κ3) is 3.09. The minimum Gasteiger partial charge on any atom is -0.313 e. The van der Waals surface area contributed by atoms with Gasteiger partial charge in [0.1, 0.15) is 5.82 Å². The fourth-order valence-corrected chi connectivity index (χ4v) is 4.45. The topological polar surface area (TPSA) is 46.2 Å². The summed E-state index contributed by atoms with van der Waals surface area (Å²) >= 11 is 0. The number of nitrogens with one attached hydrogen (secondary N) is 1. The maximum Gasteiger partial charge on any atom is 0.150 e. The lowest BCUT2D eigenvalue weighted by molar-refractivity contribution is 0.372. The van der Waals surface area contributed by atoms with Crippen molar-refractivity contribution in [2.45, 2.75) is 18.9 Å². The number of benzene rings is 1. The third-order valence-electron chi connectivity index (χ3n) is 3.51. The van der Waals surface area contributed by atoms with Gasteiger partial charge in [0.2, 0.25) is 0 Å². The van der Waals surface area contributed by atoms with E-state index in [2.05, 4.69) is 5.32 Å². The summed E-state index contributed by atoms with van der Waals surface area (Å²) in [4.78, 5) is 0. The Balaban J connectivity index is 2.20. The van der Waals surface area contributed by atoms with Crippen LogP contribution in [0, 0.1) is 11.7 Å². The fraction of sp³-hybridized carbons (Fsp3) is 0.538. The number of hydrogen-bond acceptors (Lipinski definition) is 3. The maximum atomic E-state index is 12.9. The molecule has 0 aromatic heterocycles. The molecule has 1 heterocycles. The van der Waals surface area contributed by atoms with Gasteiger partial charge in [-0.1, -0.05) is 12.1 Å². The maximum absolute atomic E-state index is 12.9. The molecule has 1 saturated heterocycles. The van der Waals surface area contributed by atoms with Crippen molar-refractivity contribution in [2.24, 2.45) is 5.92 Å². The van der Waals surface area contributed by atoms with Gasteiger partial charge in [0.15, 0.2) is 9.84 Å². The molecule has 1 fully saturated rings.